The molecule has 55 heavy (non-hydrogen) atoms. The van der Waals surface area contributed by atoms with E-state index < -0.39 is 53.3 Å². The van der Waals surface area contributed by atoms with E-state index in [0.29, 0.717) is 5.56 Å². The molecule has 0 saturated carbocycles. The van der Waals surface area contributed by atoms with Crippen LogP contribution in [-0.4, -0.2) is 114 Å². The van der Waals surface area contributed by atoms with Crippen LogP contribution in [0.5, 0.6) is 0 Å². The van der Waals surface area contributed by atoms with Gasteiger partial charge in [0.1, 0.15) is 23.3 Å². The van der Waals surface area contributed by atoms with E-state index in [9.17, 15) is 28.8 Å². The maximum absolute atomic E-state index is 12.2. The molecule has 2 aliphatic heterocycles. The number of carbonyl (C=O) groups is 6. The van der Waals surface area contributed by atoms with Gasteiger partial charge in [0.25, 0.3) is 0 Å². The number of esters is 2. The molecular weight excluding hydrogens is 789 g/mol. The zero-order valence-electron chi connectivity index (χ0n) is 36.0. The first-order chi connectivity index (χ1) is 25.2. The Labute approximate surface area is 353 Å². The number of methoxy groups -OCH3 is 2. The summed E-state index contributed by atoms with van der Waals surface area (Å²) < 4.78 is 25.5. The normalized spacial score (nSPS) is 15.1. The standard InChI is InChI=1S/C18H25NO5.C11H17NO5.C7H7Br.C4H8O.Mg.2H/c1-12-6-8-13(9-7-12)15(20)11-10-14(16(21)23-5)19-17(22)24-18(2,3)4;1-11(2,3)17-10(15)12-7(9(14)16-4)5-6-8(12)13;1-6-2-4-7(8)5-3-6;1-2-4-5-3-1;;;/h6-9,14H,10-11H2,1-5H3,(H,19,22);7H,5-6H2,1-4H3;2-5H,1H3;1-4H2;;;/q;;;;+2;2*-1/t14-;7-;;;;;/m00...../s1. The number of nitrogens with one attached hydrogen (secondary N) is 1. The Bertz CT molecular complexity index is 1500. The van der Waals surface area contributed by atoms with Crippen LogP contribution in [0, 0.1) is 13.8 Å². The molecule has 2 aromatic rings. The molecule has 3 amide bonds. The summed E-state index contributed by atoms with van der Waals surface area (Å²) in [5.74, 6) is -1.72. The van der Waals surface area contributed by atoms with E-state index in [1.165, 1.54) is 32.6 Å². The summed E-state index contributed by atoms with van der Waals surface area (Å²) >= 11 is 3.35. The fraction of sp³-hybridized carbons (Fsp3) is 0.550. The number of ether oxygens (including phenoxy) is 5. The van der Waals surface area contributed by atoms with Gasteiger partial charge in [-0.05, 0) is 93.2 Å². The van der Waals surface area contributed by atoms with E-state index in [1.807, 2.05) is 31.2 Å². The van der Waals surface area contributed by atoms with Crippen LogP contribution >= 0.6 is 15.9 Å². The van der Waals surface area contributed by atoms with Crippen molar-refractivity contribution in [2.75, 3.05) is 27.4 Å². The van der Waals surface area contributed by atoms with Gasteiger partial charge in [-0.25, -0.2) is 24.1 Å². The molecule has 304 valence electrons. The molecule has 0 aromatic heterocycles. The number of likely N-dealkylation sites (tertiary alicyclic amines) is 1. The summed E-state index contributed by atoms with van der Waals surface area (Å²) in [4.78, 5) is 71.4. The molecule has 0 spiro atoms. The molecule has 2 fully saturated rings. The number of Topliss-reactive ketones (excluding diaryl/α,β-unsaturated/α-hetero) is 1. The zero-order chi connectivity index (χ0) is 41.1. The molecular formula is C40H59BrMgN2O11. The minimum absolute atomic E-state index is 0. The van der Waals surface area contributed by atoms with Gasteiger partial charge in [-0.3, -0.25) is 9.59 Å². The third-order valence-electron chi connectivity index (χ3n) is 7.32. The zero-order valence-corrected chi connectivity index (χ0v) is 37.0. The number of nitrogens with zero attached hydrogens (tertiary/aromatic N) is 1. The largest absolute Gasteiger partial charge is 2.00 e. The second-order valence-electron chi connectivity index (χ2n) is 14.5. The molecule has 2 aliphatic rings. The summed E-state index contributed by atoms with van der Waals surface area (Å²) in [6, 6.07) is 13.6. The van der Waals surface area contributed by atoms with Gasteiger partial charge < -0.3 is 31.9 Å². The number of hydrogen-bond donors (Lipinski definition) is 1. The summed E-state index contributed by atoms with van der Waals surface area (Å²) in [6.07, 6.45) is 1.72. The maximum Gasteiger partial charge on any atom is 2.00 e. The van der Waals surface area contributed by atoms with Gasteiger partial charge in [0.2, 0.25) is 5.91 Å². The van der Waals surface area contributed by atoms with Gasteiger partial charge in [0, 0.05) is 36.1 Å². The van der Waals surface area contributed by atoms with Gasteiger partial charge in [-0.1, -0.05) is 63.5 Å². The summed E-state index contributed by atoms with van der Waals surface area (Å²) in [5, 5.41) is 2.45. The second-order valence-corrected chi connectivity index (χ2v) is 15.4. The molecule has 0 bridgehead atoms. The van der Waals surface area contributed by atoms with Gasteiger partial charge in [-0.2, -0.15) is 0 Å². The van der Waals surface area contributed by atoms with Crippen LogP contribution in [0.4, 0.5) is 9.59 Å². The van der Waals surface area contributed by atoms with Gasteiger partial charge in [0.15, 0.2) is 5.78 Å². The summed E-state index contributed by atoms with van der Waals surface area (Å²) in [5.41, 5.74) is 1.54. The van der Waals surface area contributed by atoms with E-state index in [-0.39, 0.29) is 57.4 Å². The van der Waals surface area contributed by atoms with Crippen LogP contribution < -0.4 is 5.32 Å². The van der Waals surface area contributed by atoms with E-state index in [1.54, 1.807) is 53.7 Å². The van der Waals surface area contributed by atoms with Crippen molar-refractivity contribution in [3.8, 4) is 0 Å². The SMILES string of the molecule is C1CCOC1.COC(=O)[C@@H]1CCC(=O)N1C(=O)OC(C)(C)C.COC(=O)[C@H](CCC(=O)c1ccc(C)cc1)NC(=O)OC(C)(C)C.Cc1ccc(Br)cc1.[H-].[H-].[Mg+2]. The number of benzene rings is 2. The maximum atomic E-state index is 12.2. The Morgan fingerprint density at radius 2 is 1.36 bits per heavy atom. The second kappa shape index (κ2) is 25.6. The van der Waals surface area contributed by atoms with Crippen LogP contribution in [0.1, 0.15) is 104 Å². The topological polar surface area (TPSA) is 164 Å². The molecule has 1 N–H and O–H groups in total. The predicted octanol–water partition coefficient (Wildman–Crippen LogP) is 7.51. The molecule has 15 heteroatoms. The molecule has 2 heterocycles. The van der Waals surface area contributed by atoms with Crippen molar-refractivity contribution in [2.45, 2.75) is 117 Å². The number of hydrogen-bond acceptors (Lipinski definition) is 11. The third kappa shape index (κ3) is 22.0. The Hall–Kier alpha value is -3.53. The van der Waals surface area contributed by atoms with Crippen LogP contribution in [-0.2, 0) is 38.1 Å². The fourth-order valence-corrected chi connectivity index (χ4v) is 4.89. The molecule has 2 aromatic carbocycles. The van der Waals surface area contributed by atoms with E-state index in [2.05, 4.69) is 49.8 Å². The summed E-state index contributed by atoms with van der Waals surface area (Å²) in [6.45, 7) is 16.3. The van der Waals surface area contributed by atoms with E-state index in [0.717, 1.165) is 28.1 Å². The quantitative estimate of drug-likeness (QED) is 0.127. The molecule has 0 unspecified atom stereocenters. The van der Waals surface area contributed by atoms with Crippen LogP contribution in [0.2, 0.25) is 0 Å². The van der Waals surface area contributed by atoms with Crippen molar-refractivity contribution in [3.05, 3.63) is 69.7 Å². The Morgan fingerprint density at radius 1 is 0.855 bits per heavy atom. The number of imide groups is 1. The first-order valence-electron chi connectivity index (χ1n) is 17.8. The number of aryl methyl sites for hydroxylation is 2. The molecule has 0 aliphatic carbocycles. The van der Waals surface area contributed by atoms with Crippen molar-refractivity contribution in [3.63, 3.8) is 0 Å². The number of alkyl carbamates (subject to hydrolysis) is 1. The average Bonchev–Trinajstić information content (AvgIpc) is 3.80. The van der Waals surface area contributed by atoms with Gasteiger partial charge in [0.05, 0.1) is 14.2 Å². The third-order valence-corrected chi connectivity index (χ3v) is 7.85. The molecule has 4 rings (SSSR count). The molecule has 13 nitrogen and oxygen atoms in total. The number of rotatable bonds is 7. The molecule has 2 saturated heterocycles. The van der Waals surface area contributed by atoms with Crippen molar-refractivity contribution >= 4 is 74.8 Å². The number of carbonyl (C=O) groups excluding carboxylic acids is 6. The first-order valence-corrected chi connectivity index (χ1v) is 18.6. The molecule has 0 radical (unpaired) electrons. The van der Waals surface area contributed by atoms with Crippen molar-refractivity contribution in [1.29, 1.82) is 0 Å². The molecule has 2 atom stereocenters. The van der Waals surface area contributed by atoms with Crippen LogP contribution in [0.25, 0.3) is 0 Å². The first kappa shape index (κ1) is 51.5. The minimum Gasteiger partial charge on any atom is -1.00 e. The fourth-order valence-electron chi connectivity index (χ4n) is 4.63. The predicted molar refractivity (Wildman–Crippen MR) is 215 cm³/mol. The number of halogens is 1. The Balaban J connectivity index is -0.000000762. The minimum atomic E-state index is -0.931. The van der Waals surface area contributed by atoms with Crippen LogP contribution in [0.3, 0.4) is 0 Å². The number of ketones is 1. The smallest absolute Gasteiger partial charge is 1.00 e. The van der Waals surface area contributed by atoms with Crippen LogP contribution in [0.15, 0.2) is 53.0 Å². The van der Waals surface area contributed by atoms with E-state index in [4.69, 9.17) is 14.2 Å². The number of amides is 3. The Morgan fingerprint density at radius 3 is 1.78 bits per heavy atom. The average molecular weight is 848 g/mol. The van der Waals surface area contributed by atoms with Crippen molar-refractivity contribution in [1.82, 2.24) is 10.2 Å². The monoisotopic (exact) mass is 846 g/mol. The summed E-state index contributed by atoms with van der Waals surface area (Å²) in [7, 11) is 2.45. The van der Waals surface area contributed by atoms with Crippen molar-refractivity contribution < 1.29 is 55.3 Å². The van der Waals surface area contributed by atoms with E-state index >= 15 is 0 Å². The van der Waals surface area contributed by atoms with Gasteiger partial charge >= 0.3 is 47.2 Å². The Kier molecular flexibility index (Phi) is 23.9. The van der Waals surface area contributed by atoms with Crippen molar-refractivity contribution in [2.24, 2.45) is 0 Å². The van der Waals surface area contributed by atoms with Gasteiger partial charge in [-0.15, -0.1) is 0 Å².